The highest BCUT2D eigenvalue weighted by atomic mass is 79.9. The van der Waals surface area contributed by atoms with Gasteiger partial charge in [0.05, 0.1) is 13.0 Å². The Kier molecular flexibility index (Phi) is 4.66. The number of esters is 1. The van der Waals surface area contributed by atoms with E-state index in [-0.39, 0.29) is 11.9 Å². The van der Waals surface area contributed by atoms with Gasteiger partial charge in [-0.2, -0.15) is 0 Å². The number of hydrogen-bond donors (Lipinski definition) is 0. The Morgan fingerprint density at radius 3 is 2.57 bits per heavy atom. The first kappa shape index (κ1) is 11.2. The molecule has 0 bridgehead atoms. The number of benzene rings is 1. The number of halogens is 1. The molecule has 2 nitrogen and oxygen atoms in total. The van der Waals surface area contributed by atoms with Crippen LogP contribution < -0.4 is 0 Å². The van der Waals surface area contributed by atoms with Crippen LogP contribution in [0.15, 0.2) is 30.3 Å². The SMILES string of the molecule is COC(=O)[C@@H](CCBr)c1ccccc1. The molecule has 0 unspecified atom stereocenters. The Hall–Kier alpha value is -0.830. The van der Waals surface area contributed by atoms with Gasteiger partial charge in [0.2, 0.25) is 0 Å². The van der Waals surface area contributed by atoms with Crippen LogP contribution in [-0.4, -0.2) is 18.4 Å². The number of alkyl halides is 1. The van der Waals surface area contributed by atoms with Gasteiger partial charge in [-0.15, -0.1) is 0 Å². The van der Waals surface area contributed by atoms with Crippen molar-refractivity contribution in [2.45, 2.75) is 12.3 Å². The monoisotopic (exact) mass is 256 g/mol. The van der Waals surface area contributed by atoms with Crippen molar-refractivity contribution in [3.8, 4) is 0 Å². The Balaban J connectivity index is 2.83. The first-order valence-electron chi connectivity index (χ1n) is 4.48. The second-order valence-electron chi connectivity index (χ2n) is 2.96. The molecule has 1 rings (SSSR count). The Labute approximate surface area is 92.4 Å². The van der Waals surface area contributed by atoms with E-state index in [1.165, 1.54) is 7.11 Å². The molecule has 0 aliphatic heterocycles. The van der Waals surface area contributed by atoms with E-state index in [1.54, 1.807) is 0 Å². The highest BCUT2D eigenvalue weighted by Gasteiger charge is 2.19. The number of carbonyl (C=O) groups excluding carboxylic acids is 1. The normalized spacial score (nSPS) is 12.1. The maximum atomic E-state index is 11.5. The molecule has 0 amide bonds. The molecule has 3 heteroatoms. The summed E-state index contributed by atoms with van der Waals surface area (Å²) in [5, 5.41) is 0.793. The second kappa shape index (κ2) is 5.81. The number of carbonyl (C=O) groups is 1. The van der Waals surface area contributed by atoms with E-state index >= 15 is 0 Å². The van der Waals surface area contributed by atoms with Crippen molar-refractivity contribution in [2.75, 3.05) is 12.4 Å². The van der Waals surface area contributed by atoms with Crippen LogP contribution in [0, 0.1) is 0 Å². The summed E-state index contributed by atoms with van der Waals surface area (Å²) in [7, 11) is 1.42. The van der Waals surface area contributed by atoms with Gasteiger partial charge in [0.25, 0.3) is 0 Å². The molecule has 0 aliphatic carbocycles. The number of hydrogen-bond acceptors (Lipinski definition) is 2. The smallest absolute Gasteiger partial charge is 0.313 e. The van der Waals surface area contributed by atoms with Crippen molar-refractivity contribution in [2.24, 2.45) is 0 Å². The Morgan fingerprint density at radius 1 is 1.43 bits per heavy atom. The van der Waals surface area contributed by atoms with Gasteiger partial charge in [-0.1, -0.05) is 46.3 Å². The zero-order valence-electron chi connectivity index (χ0n) is 8.07. The van der Waals surface area contributed by atoms with E-state index in [0.717, 1.165) is 17.3 Å². The zero-order chi connectivity index (χ0) is 10.4. The zero-order valence-corrected chi connectivity index (χ0v) is 9.66. The lowest BCUT2D eigenvalue weighted by Gasteiger charge is -2.13. The maximum Gasteiger partial charge on any atom is 0.313 e. The van der Waals surface area contributed by atoms with Crippen molar-refractivity contribution in [1.29, 1.82) is 0 Å². The average molecular weight is 257 g/mol. The predicted octanol–water partition coefficient (Wildman–Crippen LogP) is 2.73. The standard InChI is InChI=1S/C11H13BrO2/c1-14-11(13)10(7-8-12)9-5-3-2-4-6-9/h2-6,10H,7-8H2,1H3/t10-/m0/s1. The van der Waals surface area contributed by atoms with Crippen LogP contribution in [-0.2, 0) is 9.53 Å². The van der Waals surface area contributed by atoms with Crippen LogP contribution in [0.4, 0.5) is 0 Å². The van der Waals surface area contributed by atoms with E-state index in [1.807, 2.05) is 30.3 Å². The van der Waals surface area contributed by atoms with E-state index in [4.69, 9.17) is 4.74 Å². The van der Waals surface area contributed by atoms with Crippen LogP contribution in [0.3, 0.4) is 0 Å². The van der Waals surface area contributed by atoms with Crippen LogP contribution in [0.2, 0.25) is 0 Å². The fraction of sp³-hybridized carbons (Fsp3) is 0.364. The van der Waals surface area contributed by atoms with Gasteiger partial charge in [0.15, 0.2) is 0 Å². The van der Waals surface area contributed by atoms with Crippen molar-refractivity contribution < 1.29 is 9.53 Å². The minimum Gasteiger partial charge on any atom is -0.469 e. The van der Waals surface area contributed by atoms with Crippen LogP contribution in [0.1, 0.15) is 17.9 Å². The van der Waals surface area contributed by atoms with E-state index in [0.29, 0.717) is 0 Å². The number of rotatable bonds is 4. The molecule has 76 valence electrons. The van der Waals surface area contributed by atoms with E-state index < -0.39 is 0 Å². The minimum absolute atomic E-state index is 0.152. The Morgan fingerprint density at radius 2 is 2.07 bits per heavy atom. The number of ether oxygens (including phenoxy) is 1. The molecule has 14 heavy (non-hydrogen) atoms. The molecule has 0 fully saturated rings. The first-order chi connectivity index (χ1) is 6.79. The van der Waals surface area contributed by atoms with Crippen molar-refractivity contribution in [3.05, 3.63) is 35.9 Å². The maximum absolute atomic E-state index is 11.5. The van der Waals surface area contributed by atoms with E-state index in [2.05, 4.69) is 15.9 Å². The summed E-state index contributed by atoms with van der Waals surface area (Å²) in [5.74, 6) is -0.323. The molecule has 1 atom stereocenters. The summed E-state index contributed by atoms with van der Waals surface area (Å²) in [6, 6.07) is 9.69. The van der Waals surface area contributed by atoms with Crippen LogP contribution in [0.5, 0.6) is 0 Å². The second-order valence-corrected chi connectivity index (χ2v) is 3.76. The molecular formula is C11H13BrO2. The highest BCUT2D eigenvalue weighted by molar-refractivity contribution is 9.09. The lowest BCUT2D eigenvalue weighted by molar-refractivity contribution is -0.142. The molecule has 0 aliphatic rings. The third-order valence-corrected chi connectivity index (χ3v) is 2.54. The van der Waals surface area contributed by atoms with Crippen molar-refractivity contribution in [3.63, 3.8) is 0 Å². The highest BCUT2D eigenvalue weighted by Crippen LogP contribution is 2.21. The van der Waals surface area contributed by atoms with Crippen molar-refractivity contribution >= 4 is 21.9 Å². The quantitative estimate of drug-likeness (QED) is 0.612. The summed E-state index contributed by atoms with van der Waals surface area (Å²) in [6.07, 6.45) is 0.761. The molecular weight excluding hydrogens is 244 g/mol. The molecule has 0 radical (unpaired) electrons. The predicted molar refractivity (Wildman–Crippen MR) is 59.6 cm³/mol. The van der Waals surface area contributed by atoms with Gasteiger partial charge < -0.3 is 4.74 Å². The average Bonchev–Trinajstić information content (AvgIpc) is 2.26. The fourth-order valence-electron chi connectivity index (χ4n) is 1.36. The van der Waals surface area contributed by atoms with Gasteiger partial charge in [-0.3, -0.25) is 4.79 Å². The molecule has 0 spiro atoms. The molecule has 0 N–H and O–H groups in total. The third kappa shape index (κ3) is 2.84. The topological polar surface area (TPSA) is 26.3 Å². The van der Waals surface area contributed by atoms with Crippen molar-refractivity contribution in [1.82, 2.24) is 0 Å². The third-order valence-electron chi connectivity index (χ3n) is 2.09. The van der Waals surface area contributed by atoms with Crippen LogP contribution in [0.25, 0.3) is 0 Å². The van der Waals surface area contributed by atoms with Gasteiger partial charge in [-0.25, -0.2) is 0 Å². The molecule has 0 heterocycles. The molecule has 0 saturated heterocycles. The summed E-state index contributed by atoms with van der Waals surface area (Å²) in [5.41, 5.74) is 1.01. The Bertz CT molecular complexity index is 285. The number of methoxy groups -OCH3 is 1. The van der Waals surface area contributed by atoms with Gasteiger partial charge in [0.1, 0.15) is 0 Å². The molecule has 1 aromatic rings. The minimum atomic E-state index is -0.171. The van der Waals surface area contributed by atoms with Gasteiger partial charge in [0, 0.05) is 5.33 Å². The first-order valence-corrected chi connectivity index (χ1v) is 5.60. The lowest BCUT2D eigenvalue weighted by atomic mass is 9.97. The largest absolute Gasteiger partial charge is 0.469 e. The molecule has 0 aromatic heterocycles. The fourth-order valence-corrected chi connectivity index (χ4v) is 1.82. The molecule has 1 aromatic carbocycles. The summed E-state index contributed by atoms with van der Waals surface area (Å²) in [4.78, 5) is 11.5. The summed E-state index contributed by atoms with van der Waals surface area (Å²) >= 11 is 3.34. The summed E-state index contributed by atoms with van der Waals surface area (Å²) < 4.78 is 4.76. The van der Waals surface area contributed by atoms with Crippen LogP contribution >= 0.6 is 15.9 Å². The lowest BCUT2D eigenvalue weighted by Crippen LogP contribution is -2.14. The summed E-state index contributed by atoms with van der Waals surface area (Å²) in [6.45, 7) is 0. The van der Waals surface area contributed by atoms with Gasteiger partial charge >= 0.3 is 5.97 Å². The van der Waals surface area contributed by atoms with Gasteiger partial charge in [-0.05, 0) is 12.0 Å². The van der Waals surface area contributed by atoms with E-state index in [9.17, 15) is 4.79 Å². The molecule has 0 saturated carbocycles.